The average molecular weight is 273 g/mol. The summed E-state index contributed by atoms with van der Waals surface area (Å²) in [5.41, 5.74) is 2.48. The molecule has 0 aromatic heterocycles. The van der Waals surface area contributed by atoms with Crippen LogP contribution in [0.2, 0.25) is 0 Å². The first kappa shape index (κ1) is 9.49. The molecule has 0 radical (unpaired) electrons. The van der Waals surface area contributed by atoms with Crippen LogP contribution in [-0.4, -0.2) is 5.11 Å². The van der Waals surface area contributed by atoms with Crippen LogP contribution in [0.25, 0.3) is 0 Å². The molecule has 0 unspecified atom stereocenters. The summed E-state index contributed by atoms with van der Waals surface area (Å²) in [6.07, 6.45) is 0. The standard InChI is InChI=1S/C9H8INO/c1-6-2-9(10)7(4-11)3-8(6)5-12/h2-3,12H,5H2,1H3. The quantitative estimate of drug-likeness (QED) is 0.795. The highest BCUT2D eigenvalue weighted by Crippen LogP contribution is 2.17. The van der Waals surface area contributed by atoms with E-state index in [-0.39, 0.29) is 6.61 Å². The largest absolute Gasteiger partial charge is 0.392 e. The van der Waals surface area contributed by atoms with Gasteiger partial charge in [0.2, 0.25) is 0 Å². The lowest BCUT2D eigenvalue weighted by atomic mass is 10.1. The molecule has 0 aliphatic rings. The molecule has 0 aliphatic heterocycles. The van der Waals surface area contributed by atoms with E-state index in [1.807, 2.05) is 13.0 Å². The van der Waals surface area contributed by atoms with E-state index in [1.54, 1.807) is 6.07 Å². The summed E-state index contributed by atoms with van der Waals surface area (Å²) in [4.78, 5) is 0. The Hall–Kier alpha value is -0.600. The van der Waals surface area contributed by atoms with E-state index in [0.717, 1.165) is 14.7 Å². The third-order valence-electron chi connectivity index (χ3n) is 1.72. The van der Waals surface area contributed by atoms with Crippen LogP contribution in [0.4, 0.5) is 0 Å². The summed E-state index contributed by atoms with van der Waals surface area (Å²) < 4.78 is 0.935. The van der Waals surface area contributed by atoms with Gasteiger partial charge in [0.05, 0.1) is 12.2 Å². The first-order valence-electron chi connectivity index (χ1n) is 3.49. The smallest absolute Gasteiger partial charge is 0.100 e. The van der Waals surface area contributed by atoms with Crippen LogP contribution in [0.5, 0.6) is 0 Å². The number of nitrogens with zero attached hydrogens (tertiary/aromatic N) is 1. The maximum absolute atomic E-state index is 8.92. The molecule has 0 saturated carbocycles. The molecule has 1 rings (SSSR count). The predicted octanol–water partition coefficient (Wildman–Crippen LogP) is 1.96. The van der Waals surface area contributed by atoms with Crippen molar-refractivity contribution >= 4 is 22.6 Å². The van der Waals surface area contributed by atoms with Gasteiger partial charge >= 0.3 is 0 Å². The average Bonchev–Trinajstić information content (AvgIpc) is 2.05. The fourth-order valence-corrected chi connectivity index (χ4v) is 1.72. The lowest BCUT2D eigenvalue weighted by molar-refractivity contribution is 0.281. The van der Waals surface area contributed by atoms with Crippen molar-refractivity contribution in [1.29, 1.82) is 5.26 Å². The molecule has 1 aromatic rings. The van der Waals surface area contributed by atoms with Crippen LogP contribution in [0, 0.1) is 21.8 Å². The molecule has 1 N–H and O–H groups in total. The first-order valence-corrected chi connectivity index (χ1v) is 4.57. The van der Waals surface area contributed by atoms with Gasteiger partial charge in [-0.05, 0) is 52.8 Å². The summed E-state index contributed by atoms with van der Waals surface area (Å²) in [6, 6.07) is 5.72. The molecule has 0 saturated heterocycles. The normalized spacial score (nSPS) is 9.50. The fourth-order valence-electron chi connectivity index (χ4n) is 0.974. The SMILES string of the molecule is Cc1cc(I)c(C#N)cc1CO. The van der Waals surface area contributed by atoms with Crippen molar-refractivity contribution in [3.05, 3.63) is 32.4 Å². The van der Waals surface area contributed by atoms with Gasteiger partial charge in [0, 0.05) is 3.57 Å². The molecule has 0 spiro atoms. The van der Waals surface area contributed by atoms with Crippen LogP contribution in [-0.2, 0) is 6.61 Å². The minimum atomic E-state index is -0.00255. The van der Waals surface area contributed by atoms with Gasteiger partial charge in [0.25, 0.3) is 0 Å². The van der Waals surface area contributed by atoms with Gasteiger partial charge in [0.1, 0.15) is 6.07 Å². The molecule has 0 fully saturated rings. The summed E-state index contributed by atoms with van der Waals surface area (Å²) in [5.74, 6) is 0. The maximum atomic E-state index is 8.92. The Morgan fingerprint density at radius 2 is 2.25 bits per heavy atom. The number of rotatable bonds is 1. The van der Waals surface area contributed by atoms with Crippen LogP contribution in [0.3, 0.4) is 0 Å². The second-order valence-electron chi connectivity index (χ2n) is 2.53. The van der Waals surface area contributed by atoms with Gasteiger partial charge in [0.15, 0.2) is 0 Å². The van der Waals surface area contributed by atoms with Crippen molar-refractivity contribution in [3.8, 4) is 6.07 Å². The van der Waals surface area contributed by atoms with E-state index in [9.17, 15) is 0 Å². The minimum absolute atomic E-state index is 0.00255. The zero-order chi connectivity index (χ0) is 9.14. The molecule has 2 nitrogen and oxygen atoms in total. The highest BCUT2D eigenvalue weighted by Gasteiger charge is 2.03. The molecule has 3 heteroatoms. The number of aliphatic hydroxyl groups is 1. The number of hydrogen-bond donors (Lipinski definition) is 1. The zero-order valence-corrected chi connectivity index (χ0v) is 8.79. The van der Waals surface area contributed by atoms with Gasteiger partial charge in [-0.2, -0.15) is 5.26 Å². The van der Waals surface area contributed by atoms with Crippen molar-refractivity contribution in [1.82, 2.24) is 0 Å². The van der Waals surface area contributed by atoms with Gasteiger partial charge in [-0.1, -0.05) is 0 Å². The number of aryl methyl sites for hydroxylation is 1. The molecule has 0 heterocycles. The van der Waals surface area contributed by atoms with Gasteiger partial charge in [-0.15, -0.1) is 0 Å². The lowest BCUT2D eigenvalue weighted by Crippen LogP contribution is -1.92. The molecule has 0 aliphatic carbocycles. The Labute approximate surface area is 85.0 Å². The van der Waals surface area contributed by atoms with Crippen molar-refractivity contribution in [3.63, 3.8) is 0 Å². The molecule has 0 bridgehead atoms. The molecular weight excluding hydrogens is 265 g/mol. The van der Waals surface area contributed by atoms with Crippen LogP contribution in [0.1, 0.15) is 16.7 Å². The van der Waals surface area contributed by atoms with Crippen molar-refractivity contribution < 1.29 is 5.11 Å². The van der Waals surface area contributed by atoms with E-state index < -0.39 is 0 Å². The van der Waals surface area contributed by atoms with Gasteiger partial charge in [-0.3, -0.25) is 0 Å². The van der Waals surface area contributed by atoms with Crippen molar-refractivity contribution in [2.45, 2.75) is 13.5 Å². The second-order valence-corrected chi connectivity index (χ2v) is 3.69. The topological polar surface area (TPSA) is 44.0 Å². The highest BCUT2D eigenvalue weighted by atomic mass is 127. The summed E-state index contributed by atoms with van der Waals surface area (Å²) in [6.45, 7) is 1.92. The molecule has 12 heavy (non-hydrogen) atoms. The zero-order valence-electron chi connectivity index (χ0n) is 6.63. The second kappa shape index (κ2) is 3.87. The Morgan fingerprint density at radius 3 is 2.75 bits per heavy atom. The van der Waals surface area contributed by atoms with Gasteiger partial charge in [-0.25, -0.2) is 0 Å². The Morgan fingerprint density at radius 1 is 1.58 bits per heavy atom. The Balaban J connectivity index is 3.30. The highest BCUT2D eigenvalue weighted by molar-refractivity contribution is 14.1. The fraction of sp³-hybridized carbons (Fsp3) is 0.222. The molecular formula is C9H8INO. The summed E-state index contributed by atoms with van der Waals surface area (Å²) in [5, 5.41) is 17.6. The summed E-state index contributed by atoms with van der Waals surface area (Å²) in [7, 11) is 0. The maximum Gasteiger partial charge on any atom is 0.100 e. The van der Waals surface area contributed by atoms with E-state index in [1.165, 1.54) is 0 Å². The minimum Gasteiger partial charge on any atom is -0.392 e. The number of benzene rings is 1. The molecule has 62 valence electrons. The summed E-state index contributed by atoms with van der Waals surface area (Å²) >= 11 is 2.11. The number of halogens is 1. The van der Waals surface area contributed by atoms with E-state index >= 15 is 0 Å². The van der Waals surface area contributed by atoms with Crippen LogP contribution >= 0.6 is 22.6 Å². The molecule has 0 amide bonds. The predicted molar refractivity (Wildman–Crippen MR) is 54.5 cm³/mol. The van der Waals surface area contributed by atoms with E-state index in [2.05, 4.69) is 28.7 Å². The van der Waals surface area contributed by atoms with Crippen LogP contribution < -0.4 is 0 Å². The Kier molecular flexibility index (Phi) is 3.06. The monoisotopic (exact) mass is 273 g/mol. The number of hydrogen-bond acceptors (Lipinski definition) is 2. The van der Waals surface area contributed by atoms with Crippen molar-refractivity contribution in [2.24, 2.45) is 0 Å². The van der Waals surface area contributed by atoms with Gasteiger partial charge < -0.3 is 5.11 Å². The first-order chi connectivity index (χ1) is 5.69. The third-order valence-corrected chi connectivity index (χ3v) is 2.61. The van der Waals surface area contributed by atoms with Crippen molar-refractivity contribution in [2.75, 3.05) is 0 Å². The lowest BCUT2D eigenvalue weighted by Gasteiger charge is -2.03. The van der Waals surface area contributed by atoms with E-state index in [0.29, 0.717) is 5.56 Å². The number of nitriles is 1. The molecule has 0 atom stereocenters. The Bertz CT molecular complexity index is 341. The van der Waals surface area contributed by atoms with E-state index in [4.69, 9.17) is 10.4 Å². The number of aliphatic hydroxyl groups excluding tert-OH is 1. The van der Waals surface area contributed by atoms with Crippen LogP contribution in [0.15, 0.2) is 12.1 Å². The molecule has 1 aromatic carbocycles. The third kappa shape index (κ3) is 1.76.